The second-order valence-corrected chi connectivity index (χ2v) is 11.5. The van der Waals surface area contributed by atoms with E-state index < -0.39 is 5.60 Å². The molecule has 0 atom stereocenters. The first-order valence-corrected chi connectivity index (χ1v) is 13.4. The van der Waals surface area contributed by atoms with Crippen molar-refractivity contribution in [2.75, 3.05) is 0 Å². The van der Waals surface area contributed by atoms with Gasteiger partial charge in [0.1, 0.15) is 29.0 Å². The van der Waals surface area contributed by atoms with Gasteiger partial charge in [0.05, 0.1) is 12.4 Å². The van der Waals surface area contributed by atoms with Crippen molar-refractivity contribution in [3.8, 4) is 23.1 Å². The molecule has 0 radical (unpaired) electrons. The van der Waals surface area contributed by atoms with Gasteiger partial charge in [0, 0.05) is 36.6 Å². The summed E-state index contributed by atoms with van der Waals surface area (Å²) in [6.45, 7) is 9.96. The zero-order chi connectivity index (χ0) is 28.3. The molecular weight excluding hydrogens is 506 g/mol. The molecular formula is C31H35N5O4. The lowest BCUT2D eigenvalue weighted by Crippen LogP contribution is -2.50. The zero-order valence-corrected chi connectivity index (χ0v) is 23.5. The lowest BCUT2D eigenvalue weighted by Gasteiger charge is -2.36. The molecule has 0 saturated heterocycles. The van der Waals surface area contributed by atoms with Crippen molar-refractivity contribution in [3.05, 3.63) is 90.4 Å². The first kappa shape index (κ1) is 27.2. The first-order chi connectivity index (χ1) is 19.0. The van der Waals surface area contributed by atoms with E-state index in [1.165, 1.54) is 15.9 Å². The average molecular weight is 542 g/mol. The van der Waals surface area contributed by atoms with Crippen molar-refractivity contribution in [1.29, 1.82) is 0 Å². The van der Waals surface area contributed by atoms with Crippen LogP contribution < -0.4 is 14.8 Å². The SMILES string of the molecule is CC(C)(C)OC(=O)N[C@H]1C[C@H](Oc2ccc(C(C)(C)c3ccc(Oc4ccnc(-n5nccn5)c4)cc3)cc2)C1. The minimum absolute atomic E-state index is 0.0821. The highest BCUT2D eigenvalue weighted by molar-refractivity contribution is 5.68. The summed E-state index contributed by atoms with van der Waals surface area (Å²) in [4.78, 5) is 17.7. The van der Waals surface area contributed by atoms with Crippen LogP contribution in [0.15, 0.2) is 79.3 Å². The van der Waals surface area contributed by atoms with E-state index in [0.29, 0.717) is 11.6 Å². The third-order valence-corrected chi connectivity index (χ3v) is 6.85. The van der Waals surface area contributed by atoms with Crippen LogP contribution in [0.1, 0.15) is 58.6 Å². The maximum absolute atomic E-state index is 11.9. The minimum atomic E-state index is -0.501. The van der Waals surface area contributed by atoms with E-state index in [4.69, 9.17) is 14.2 Å². The van der Waals surface area contributed by atoms with E-state index in [2.05, 4.69) is 58.6 Å². The van der Waals surface area contributed by atoms with Gasteiger partial charge in [-0.15, -0.1) is 4.80 Å². The summed E-state index contributed by atoms with van der Waals surface area (Å²) in [7, 11) is 0. The van der Waals surface area contributed by atoms with Gasteiger partial charge >= 0.3 is 6.09 Å². The van der Waals surface area contributed by atoms with E-state index in [1.807, 2.05) is 45.0 Å². The largest absolute Gasteiger partial charge is 0.490 e. The van der Waals surface area contributed by atoms with Crippen LogP contribution in [0.25, 0.3) is 5.82 Å². The molecule has 1 saturated carbocycles. The lowest BCUT2D eigenvalue weighted by molar-refractivity contribution is 0.0363. The summed E-state index contributed by atoms with van der Waals surface area (Å²) in [6, 6.07) is 20.0. The Kier molecular flexibility index (Phi) is 7.47. The molecule has 5 rings (SSSR count). The number of pyridine rings is 1. The van der Waals surface area contributed by atoms with Crippen molar-refractivity contribution in [1.82, 2.24) is 25.3 Å². The Morgan fingerprint density at radius 2 is 1.43 bits per heavy atom. The quantitative estimate of drug-likeness (QED) is 0.283. The van der Waals surface area contributed by atoms with Crippen LogP contribution in [0.4, 0.5) is 4.79 Å². The van der Waals surface area contributed by atoms with Gasteiger partial charge in [0.15, 0.2) is 5.82 Å². The molecule has 2 aromatic carbocycles. The highest BCUT2D eigenvalue weighted by atomic mass is 16.6. The summed E-state index contributed by atoms with van der Waals surface area (Å²) in [6.07, 6.45) is 6.11. The molecule has 208 valence electrons. The number of nitrogens with zero attached hydrogens (tertiary/aromatic N) is 4. The molecule has 9 heteroatoms. The van der Waals surface area contributed by atoms with Gasteiger partial charge in [-0.3, -0.25) is 0 Å². The first-order valence-electron chi connectivity index (χ1n) is 13.4. The number of carbonyl (C=O) groups excluding carboxylic acids is 1. The fourth-order valence-electron chi connectivity index (χ4n) is 4.55. The smallest absolute Gasteiger partial charge is 0.407 e. The van der Waals surface area contributed by atoms with E-state index >= 15 is 0 Å². The van der Waals surface area contributed by atoms with Crippen LogP contribution in [-0.4, -0.2) is 43.8 Å². The number of hydrogen-bond donors (Lipinski definition) is 1. The number of alkyl carbamates (subject to hydrolysis) is 1. The number of nitrogens with one attached hydrogen (secondary N) is 1. The van der Waals surface area contributed by atoms with Gasteiger partial charge in [-0.05, 0) is 62.2 Å². The van der Waals surface area contributed by atoms with E-state index in [0.717, 1.165) is 24.3 Å². The molecule has 4 aromatic rings. The van der Waals surface area contributed by atoms with Crippen molar-refractivity contribution in [2.45, 2.75) is 70.6 Å². The number of benzene rings is 2. The summed E-state index contributed by atoms with van der Waals surface area (Å²) in [5, 5.41) is 11.1. The second kappa shape index (κ2) is 11.0. The predicted octanol–water partition coefficient (Wildman–Crippen LogP) is 6.22. The highest BCUT2D eigenvalue weighted by Crippen LogP contribution is 2.35. The molecule has 0 unspecified atom stereocenters. The van der Waals surface area contributed by atoms with Crippen molar-refractivity contribution in [2.24, 2.45) is 0 Å². The zero-order valence-electron chi connectivity index (χ0n) is 23.5. The topological polar surface area (TPSA) is 100 Å². The Labute approximate surface area is 234 Å². The summed E-state index contributed by atoms with van der Waals surface area (Å²) < 4.78 is 17.5. The number of rotatable bonds is 8. The Morgan fingerprint density at radius 1 is 0.825 bits per heavy atom. The summed E-state index contributed by atoms with van der Waals surface area (Å²) in [5.74, 6) is 2.80. The highest BCUT2D eigenvalue weighted by Gasteiger charge is 2.33. The molecule has 0 bridgehead atoms. The van der Waals surface area contributed by atoms with Gasteiger partial charge in [0.2, 0.25) is 0 Å². The van der Waals surface area contributed by atoms with Gasteiger partial charge in [-0.25, -0.2) is 9.78 Å². The number of aromatic nitrogens is 4. The van der Waals surface area contributed by atoms with Crippen LogP contribution in [0.2, 0.25) is 0 Å². The van der Waals surface area contributed by atoms with Crippen LogP contribution >= 0.6 is 0 Å². The molecule has 2 heterocycles. The predicted molar refractivity (Wildman–Crippen MR) is 151 cm³/mol. The lowest BCUT2D eigenvalue weighted by atomic mass is 9.78. The fraction of sp³-hybridized carbons (Fsp3) is 0.355. The Hall–Kier alpha value is -4.40. The third-order valence-electron chi connectivity index (χ3n) is 6.85. The normalized spacial score (nSPS) is 17.0. The number of amides is 1. The fourth-order valence-corrected chi connectivity index (χ4v) is 4.55. The van der Waals surface area contributed by atoms with Crippen LogP contribution in [-0.2, 0) is 10.2 Å². The Bertz CT molecular complexity index is 1420. The monoisotopic (exact) mass is 541 g/mol. The summed E-state index contributed by atoms with van der Waals surface area (Å²) in [5.41, 5.74) is 1.63. The Morgan fingerprint density at radius 3 is 2.02 bits per heavy atom. The van der Waals surface area contributed by atoms with Crippen molar-refractivity contribution in [3.63, 3.8) is 0 Å². The van der Waals surface area contributed by atoms with E-state index in [1.54, 1.807) is 30.7 Å². The number of hydrogen-bond acceptors (Lipinski definition) is 7. The molecule has 9 nitrogen and oxygen atoms in total. The maximum Gasteiger partial charge on any atom is 0.407 e. The van der Waals surface area contributed by atoms with Crippen molar-refractivity contribution < 1.29 is 19.0 Å². The van der Waals surface area contributed by atoms with Gasteiger partial charge in [0.25, 0.3) is 0 Å². The molecule has 1 aliphatic rings. The minimum Gasteiger partial charge on any atom is -0.490 e. The molecule has 1 aliphatic carbocycles. The molecule has 1 N–H and O–H groups in total. The molecule has 0 spiro atoms. The second-order valence-electron chi connectivity index (χ2n) is 11.5. The van der Waals surface area contributed by atoms with E-state index in [9.17, 15) is 4.79 Å². The molecule has 0 aliphatic heterocycles. The maximum atomic E-state index is 11.9. The third kappa shape index (κ3) is 6.59. The molecule has 1 fully saturated rings. The van der Waals surface area contributed by atoms with Gasteiger partial charge in [-0.1, -0.05) is 38.1 Å². The molecule has 40 heavy (non-hydrogen) atoms. The average Bonchev–Trinajstić information content (AvgIpc) is 3.42. The molecule has 2 aromatic heterocycles. The Balaban J connectivity index is 1.15. The van der Waals surface area contributed by atoms with Crippen LogP contribution in [0.3, 0.4) is 0 Å². The van der Waals surface area contributed by atoms with Gasteiger partial charge < -0.3 is 19.5 Å². The standard InChI is InChI=1S/C31H35N5O4/c1-30(2,3)40-29(37)35-23-18-27(19-23)39-25-12-8-22(9-13-25)31(4,5)21-6-10-24(11-7-21)38-26-14-15-32-28(20-26)36-33-16-17-34-36/h6-17,20,23,27H,18-19H2,1-5H3,(H,35,37)/t23-,27-. The van der Waals surface area contributed by atoms with Gasteiger partial charge in [-0.2, -0.15) is 10.2 Å². The molecule has 1 amide bonds. The van der Waals surface area contributed by atoms with E-state index in [-0.39, 0.29) is 23.7 Å². The van der Waals surface area contributed by atoms with Crippen molar-refractivity contribution >= 4 is 6.09 Å². The van der Waals surface area contributed by atoms with Crippen LogP contribution in [0, 0.1) is 0 Å². The number of ether oxygens (including phenoxy) is 3. The van der Waals surface area contributed by atoms with Crippen LogP contribution in [0.5, 0.6) is 17.2 Å². The number of carbonyl (C=O) groups is 1. The summed E-state index contributed by atoms with van der Waals surface area (Å²) >= 11 is 0.